The number of carbonyl (C=O) groups excluding carboxylic acids is 1. The minimum Gasteiger partial charge on any atom is -0.478 e. The minimum atomic E-state index is -1.000. The molecule has 0 radical (unpaired) electrons. The quantitative estimate of drug-likeness (QED) is 0.256. The molecule has 1 saturated carbocycles. The van der Waals surface area contributed by atoms with E-state index < -0.39 is 11.9 Å². The van der Waals surface area contributed by atoms with Crippen LogP contribution in [0.4, 0.5) is 5.82 Å². The largest absolute Gasteiger partial charge is 0.478 e. The second-order valence-electron chi connectivity index (χ2n) is 8.76. The zero-order valence-corrected chi connectivity index (χ0v) is 19.5. The van der Waals surface area contributed by atoms with Crippen molar-refractivity contribution in [2.45, 2.75) is 51.2 Å². The Bertz CT molecular complexity index is 1270. The van der Waals surface area contributed by atoms with Gasteiger partial charge in [0.25, 0.3) is 5.91 Å². The lowest BCUT2D eigenvalue weighted by Crippen LogP contribution is -2.38. The van der Waals surface area contributed by atoms with E-state index in [4.69, 9.17) is 16.6 Å². The van der Waals surface area contributed by atoms with Gasteiger partial charge in [0.15, 0.2) is 5.96 Å². The number of nitrogens with zero attached hydrogens (tertiary/aromatic N) is 3. The fraction of sp³-hybridized carbons (Fsp3) is 0.320. The van der Waals surface area contributed by atoms with Crippen molar-refractivity contribution in [1.29, 1.82) is 0 Å². The molecule has 1 aliphatic rings. The molecule has 10 nitrogen and oxygen atoms in total. The van der Waals surface area contributed by atoms with Crippen molar-refractivity contribution in [2.75, 3.05) is 5.32 Å². The number of carboxylic acids is 1. The van der Waals surface area contributed by atoms with Gasteiger partial charge in [-0.3, -0.25) is 4.79 Å². The van der Waals surface area contributed by atoms with E-state index in [2.05, 4.69) is 25.6 Å². The van der Waals surface area contributed by atoms with Crippen LogP contribution in [0.25, 0.3) is 10.9 Å². The van der Waals surface area contributed by atoms with Gasteiger partial charge in [0, 0.05) is 11.9 Å². The van der Waals surface area contributed by atoms with Crippen LogP contribution in [0.5, 0.6) is 0 Å². The Hall–Kier alpha value is -4.21. The van der Waals surface area contributed by atoms with Crippen LogP contribution in [-0.4, -0.2) is 45.0 Å². The predicted molar refractivity (Wildman–Crippen MR) is 134 cm³/mol. The maximum Gasteiger partial charge on any atom is 0.335 e. The molecule has 10 heteroatoms. The Balaban J connectivity index is 1.59. The van der Waals surface area contributed by atoms with Gasteiger partial charge in [-0.1, -0.05) is 36.6 Å². The number of amides is 1. The van der Waals surface area contributed by atoms with Crippen LogP contribution in [0.15, 0.2) is 47.5 Å². The van der Waals surface area contributed by atoms with Crippen LogP contribution >= 0.6 is 0 Å². The van der Waals surface area contributed by atoms with Gasteiger partial charge in [-0.05, 0) is 49.6 Å². The van der Waals surface area contributed by atoms with Gasteiger partial charge in [0.1, 0.15) is 5.82 Å². The third-order valence-corrected chi connectivity index (χ3v) is 6.07. The number of anilines is 1. The Labute approximate surface area is 202 Å². The number of nitrogens with two attached hydrogens (primary N) is 2. The maximum atomic E-state index is 12.9. The Kier molecular flexibility index (Phi) is 7.09. The first kappa shape index (κ1) is 23.9. The molecule has 2 aromatic carbocycles. The van der Waals surface area contributed by atoms with Gasteiger partial charge < -0.3 is 27.2 Å². The molecule has 0 saturated heterocycles. The van der Waals surface area contributed by atoms with Crippen molar-refractivity contribution in [2.24, 2.45) is 16.5 Å². The molecule has 1 fully saturated rings. The summed E-state index contributed by atoms with van der Waals surface area (Å²) in [5.74, 6) is -0.760. The summed E-state index contributed by atoms with van der Waals surface area (Å²) in [6.45, 7) is 2.20. The zero-order valence-electron chi connectivity index (χ0n) is 19.5. The molecular formula is C25H29N7O3. The first-order chi connectivity index (χ1) is 16.8. The average molecular weight is 476 g/mol. The summed E-state index contributed by atoms with van der Waals surface area (Å²) in [5, 5.41) is 16.2. The number of nitrogens with one attached hydrogen (secondary N) is 2. The fourth-order valence-electron chi connectivity index (χ4n) is 4.28. The van der Waals surface area contributed by atoms with Crippen molar-refractivity contribution in [3.05, 3.63) is 65.0 Å². The van der Waals surface area contributed by atoms with Gasteiger partial charge >= 0.3 is 5.97 Å². The second kappa shape index (κ2) is 10.4. The first-order valence-corrected chi connectivity index (χ1v) is 11.5. The average Bonchev–Trinajstić information content (AvgIpc) is 2.83. The number of hydrogen-bond acceptors (Lipinski definition) is 6. The van der Waals surface area contributed by atoms with Crippen molar-refractivity contribution in [3.8, 4) is 0 Å². The molecule has 1 aliphatic carbocycles. The molecule has 0 bridgehead atoms. The molecule has 35 heavy (non-hydrogen) atoms. The lowest BCUT2D eigenvalue weighted by molar-refractivity contribution is 0.0696. The van der Waals surface area contributed by atoms with Crippen molar-refractivity contribution < 1.29 is 14.7 Å². The van der Waals surface area contributed by atoms with E-state index in [0.717, 1.165) is 42.2 Å². The van der Waals surface area contributed by atoms with E-state index >= 15 is 0 Å². The monoisotopic (exact) mass is 475 g/mol. The fourth-order valence-corrected chi connectivity index (χ4v) is 4.28. The van der Waals surface area contributed by atoms with E-state index in [9.17, 15) is 9.59 Å². The molecular weight excluding hydrogens is 446 g/mol. The highest BCUT2D eigenvalue weighted by molar-refractivity contribution is 5.96. The molecule has 3 aromatic rings. The minimum absolute atomic E-state index is 0.0203. The van der Waals surface area contributed by atoms with Gasteiger partial charge in [-0.25, -0.2) is 19.8 Å². The smallest absolute Gasteiger partial charge is 0.335 e. The molecule has 2 atom stereocenters. The van der Waals surface area contributed by atoms with Crippen LogP contribution in [0.2, 0.25) is 0 Å². The molecule has 7 N–H and O–H groups in total. The van der Waals surface area contributed by atoms with Crippen LogP contribution in [0.3, 0.4) is 0 Å². The summed E-state index contributed by atoms with van der Waals surface area (Å²) in [5.41, 5.74) is 14.0. The van der Waals surface area contributed by atoms with Gasteiger partial charge in [-0.2, -0.15) is 0 Å². The summed E-state index contributed by atoms with van der Waals surface area (Å²) in [6.07, 6.45) is 3.84. The van der Waals surface area contributed by atoms with Crippen molar-refractivity contribution in [3.63, 3.8) is 0 Å². The van der Waals surface area contributed by atoms with Crippen molar-refractivity contribution >= 4 is 34.6 Å². The lowest BCUT2D eigenvalue weighted by Gasteiger charge is -2.30. The molecule has 2 unspecified atom stereocenters. The third kappa shape index (κ3) is 5.84. The number of hydrogen-bond donors (Lipinski definition) is 5. The molecule has 1 amide bonds. The number of aromatic nitrogens is 2. The second-order valence-corrected chi connectivity index (χ2v) is 8.76. The summed E-state index contributed by atoms with van der Waals surface area (Å²) >= 11 is 0. The van der Waals surface area contributed by atoms with Gasteiger partial charge in [0.2, 0.25) is 5.82 Å². The number of aromatic carboxylic acids is 1. The van der Waals surface area contributed by atoms with E-state index in [1.807, 2.05) is 25.1 Å². The number of carboxylic acid groups (broad SMARTS) is 1. The Morgan fingerprint density at radius 2 is 1.83 bits per heavy atom. The third-order valence-electron chi connectivity index (χ3n) is 6.07. The van der Waals surface area contributed by atoms with Crippen molar-refractivity contribution in [1.82, 2.24) is 15.3 Å². The summed E-state index contributed by atoms with van der Waals surface area (Å²) in [4.78, 5) is 37.4. The number of aliphatic imine (C=N–C) groups is 1. The number of fused-ring (bicyclic) bond motifs is 1. The van der Waals surface area contributed by atoms with Crippen LogP contribution in [0, 0.1) is 6.92 Å². The SMILES string of the molecule is Cc1ccc2nc(C(=O)NCc3ccc(C(=O)O)cc3)nc(NC3CCCCC3N=C(N)N)c2c1. The first-order valence-electron chi connectivity index (χ1n) is 11.5. The summed E-state index contributed by atoms with van der Waals surface area (Å²) in [7, 11) is 0. The highest BCUT2D eigenvalue weighted by atomic mass is 16.4. The number of carbonyl (C=O) groups is 2. The number of rotatable bonds is 7. The Morgan fingerprint density at radius 1 is 1.09 bits per heavy atom. The normalized spacial score (nSPS) is 17.5. The standard InChI is InChI=1S/C25H29N7O3/c1-14-6-11-18-17(12-14)21(30-19-4-2-3-5-20(19)31-25(26)27)32-22(29-18)23(33)28-13-15-7-9-16(10-8-15)24(34)35/h6-12,19-20H,2-5,13H2,1H3,(H,28,33)(H,34,35)(H4,26,27,31)(H,29,30,32). The Morgan fingerprint density at radius 3 is 2.54 bits per heavy atom. The van der Waals surface area contributed by atoms with Gasteiger partial charge in [-0.15, -0.1) is 0 Å². The zero-order chi connectivity index (χ0) is 24.9. The number of guanidine groups is 1. The highest BCUT2D eigenvalue weighted by Gasteiger charge is 2.26. The van der Waals surface area contributed by atoms with E-state index in [-0.39, 0.29) is 36.0 Å². The van der Waals surface area contributed by atoms with E-state index in [1.54, 1.807) is 12.1 Å². The van der Waals surface area contributed by atoms with Crippen LogP contribution < -0.4 is 22.1 Å². The topological polar surface area (TPSA) is 169 Å². The predicted octanol–water partition coefficient (Wildman–Crippen LogP) is 2.56. The van der Waals surface area contributed by atoms with Crippen LogP contribution in [-0.2, 0) is 6.54 Å². The van der Waals surface area contributed by atoms with Gasteiger partial charge in [0.05, 0.1) is 23.2 Å². The molecule has 182 valence electrons. The molecule has 0 aliphatic heterocycles. The summed E-state index contributed by atoms with van der Waals surface area (Å²) in [6, 6.07) is 12.0. The van der Waals surface area contributed by atoms with E-state index in [1.165, 1.54) is 12.1 Å². The maximum absolute atomic E-state index is 12.9. The lowest BCUT2D eigenvalue weighted by atomic mass is 9.90. The molecule has 1 heterocycles. The highest BCUT2D eigenvalue weighted by Crippen LogP contribution is 2.28. The summed E-state index contributed by atoms with van der Waals surface area (Å²) < 4.78 is 0. The molecule has 4 rings (SSSR count). The van der Waals surface area contributed by atoms with Crippen LogP contribution in [0.1, 0.15) is 57.8 Å². The molecule has 1 aromatic heterocycles. The van der Waals surface area contributed by atoms with E-state index in [0.29, 0.717) is 11.3 Å². The molecule has 0 spiro atoms. The number of aryl methyl sites for hydroxylation is 1. The number of benzene rings is 2.